The van der Waals surface area contributed by atoms with E-state index in [1.807, 2.05) is 0 Å². The summed E-state index contributed by atoms with van der Waals surface area (Å²) in [6, 6.07) is 8.68. The van der Waals surface area contributed by atoms with Crippen molar-refractivity contribution in [2.75, 3.05) is 14.2 Å². The molecule has 0 amide bonds. The Morgan fingerprint density at radius 3 is 2.08 bits per heavy atom. The van der Waals surface area contributed by atoms with Gasteiger partial charge in [-0.2, -0.15) is 0 Å². The van der Waals surface area contributed by atoms with E-state index < -0.39 is 17.4 Å². The van der Waals surface area contributed by atoms with Gasteiger partial charge in [0.2, 0.25) is 0 Å². The number of methoxy groups -OCH3 is 2. The van der Waals surface area contributed by atoms with Gasteiger partial charge in [0.05, 0.1) is 14.2 Å². The minimum Gasteiger partial charge on any atom is -0.468 e. The normalized spacial score (nSPS) is 17.3. The summed E-state index contributed by atoms with van der Waals surface area (Å²) in [4.78, 5) is 24.2. The van der Waals surface area contributed by atoms with Gasteiger partial charge in [-0.25, -0.2) is 0 Å². The molecule has 132 valence electrons. The molecule has 1 aliphatic carbocycles. The standard InChI is InChI=1S/C20H28O4/c1-15-7-9-16(10-8-15)5-4-6-17-11-13-20(14-12-17,18(21)23-2)19(22)24-3/h7-10,17H,4-6,11-14H2,1-3H3. The molecule has 4 nitrogen and oxygen atoms in total. The van der Waals surface area contributed by atoms with E-state index in [9.17, 15) is 9.59 Å². The Hall–Kier alpha value is -1.84. The summed E-state index contributed by atoms with van der Waals surface area (Å²) in [7, 11) is 2.67. The molecule has 0 atom stereocenters. The monoisotopic (exact) mass is 332 g/mol. The number of esters is 2. The molecule has 4 heteroatoms. The fourth-order valence-corrected chi connectivity index (χ4v) is 3.69. The van der Waals surface area contributed by atoms with Gasteiger partial charge in [-0.1, -0.05) is 36.2 Å². The summed E-state index contributed by atoms with van der Waals surface area (Å²) in [6.07, 6.45) is 6.15. The molecule has 0 aliphatic heterocycles. The van der Waals surface area contributed by atoms with E-state index in [0.29, 0.717) is 18.8 Å². The van der Waals surface area contributed by atoms with Crippen LogP contribution in [0.15, 0.2) is 24.3 Å². The number of rotatable bonds is 6. The van der Waals surface area contributed by atoms with Gasteiger partial charge < -0.3 is 9.47 Å². The Bertz CT molecular complexity index is 536. The van der Waals surface area contributed by atoms with Gasteiger partial charge in [-0.3, -0.25) is 9.59 Å². The summed E-state index contributed by atoms with van der Waals surface area (Å²) in [5.74, 6) is -0.335. The maximum absolute atomic E-state index is 12.1. The van der Waals surface area contributed by atoms with Crippen molar-refractivity contribution in [3.05, 3.63) is 35.4 Å². The second kappa shape index (κ2) is 8.32. The second-order valence-corrected chi connectivity index (χ2v) is 6.89. The lowest BCUT2D eigenvalue weighted by Gasteiger charge is -2.35. The lowest BCUT2D eigenvalue weighted by molar-refractivity contribution is -0.172. The van der Waals surface area contributed by atoms with Gasteiger partial charge in [0, 0.05) is 0 Å². The SMILES string of the molecule is COC(=O)C1(C(=O)OC)CCC(CCCc2ccc(C)cc2)CC1. The molecule has 0 bridgehead atoms. The Morgan fingerprint density at radius 1 is 1.04 bits per heavy atom. The number of benzene rings is 1. The molecule has 2 rings (SSSR count). The quantitative estimate of drug-likeness (QED) is 0.587. The Morgan fingerprint density at radius 2 is 1.58 bits per heavy atom. The van der Waals surface area contributed by atoms with E-state index in [4.69, 9.17) is 9.47 Å². The molecule has 0 heterocycles. The third kappa shape index (κ3) is 4.16. The number of carbonyl (C=O) groups excluding carboxylic acids is 2. The predicted octanol–water partition coefficient (Wildman–Crippen LogP) is 3.84. The minimum absolute atomic E-state index is 0.451. The number of aryl methyl sites for hydroxylation is 2. The van der Waals surface area contributed by atoms with Crippen LogP contribution in [0.1, 0.15) is 49.7 Å². The largest absolute Gasteiger partial charge is 0.468 e. The van der Waals surface area contributed by atoms with Crippen LogP contribution in [-0.2, 0) is 25.5 Å². The van der Waals surface area contributed by atoms with E-state index in [1.54, 1.807) is 0 Å². The van der Waals surface area contributed by atoms with Crippen LogP contribution in [0, 0.1) is 18.3 Å². The van der Waals surface area contributed by atoms with Crippen molar-refractivity contribution in [1.82, 2.24) is 0 Å². The van der Waals surface area contributed by atoms with E-state index in [2.05, 4.69) is 31.2 Å². The van der Waals surface area contributed by atoms with E-state index in [-0.39, 0.29) is 0 Å². The topological polar surface area (TPSA) is 52.6 Å². The molecule has 0 aromatic heterocycles. The molecular weight excluding hydrogens is 304 g/mol. The highest BCUT2D eigenvalue weighted by Gasteiger charge is 2.50. The molecule has 0 unspecified atom stereocenters. The number of hydrogen-bond acceptors (Lipinski definition) is 4. The summed E-state index contributed by atoms with van der Waals surface area (Å²) in [5.41, 5.74) is 1.57. The third-order valence-corrected chi connectivity index (χ3v) is 5.31. The molecule has 1 aromatic rings. The number of ether oxygens (including phenoxy) is 2. The summed E-state index contributed by atoms with van der Waals surface area (Å²) in [6.45, 7) is 2.10. The van der Waals surface area contributed by atoms with Gasteiger partial charge >= 0.3 is 11.9 Å². The van der Waals surface area contributed by atoms with Crippen LogP contribution in [-0.4, -0.2) is 26.2 Å². The van der Waals surface area contributed by atoms with Crippen LogP contribution < -0.4 is 0 Å². The van der Waals surface area contributed by atoms with Crippen LogP contribution in [0.3, 0.4) is 0 Å². The summed E-state index contributed by atoms with van der Waals surface area (Å²) >= 11 is 0. The molecule has 1 fully saturated rings. The maximum Gasteiger partial charge on any atom is 0.323 e. The molecule has 1 aliphatic rings. The molecule has 1 saturated carbocycles. The van der Waals surface area contributed by atoms with Gasteiger partial charge in [-0.05, 0) is 56.9 Å². The van der Waals surface area contributed by atoms with E-state index >= 15 is 0 Å². The van der Waals surface area contributed by atoms with Crippen molar-refractivity contribution in [3.63, 3.8) is 0 Å². The highest BCUT2D eigenvalue weighted by Crippen LogP contribution is 2.42. The lowest BCUT2D eigenvalue weighted by Crippen LogP contribution is -2.44. The Kier molecular flexibility index (Phi) is 6.41. The Balaban J connectivity index is 1.84. The van der Waals surface area contributed by atoms with Crippen molar-refractivity contribution in [1.29, 1.82) is 0 Å². The van der Waals surface area contributed by atoms with Gasteiger partial charge in [-0.15, -0.1) is 0 Å². The average molecular weight is 332 g/mol. The molecule has 0 spiro atoms. The summed E-state index contributed by atoms with van der Waals surface area (Å²) in [5, 5.41) is 0. The van der Waals surface area contributed by atoms with Crippen molar-refractivity contribution >= 4 is 11.9 Å². The fraction of sp³-hybridized carbons (Fsp3) is 0.600. The zero-order valence-electron chi connectivity index (χ0n) is 15.0. The van der Waals surface area contributed by atoms with Gasteiger partial charge in [0.15, 0.2) is 5.41 Å². The van der Waals surface area contributed by atoms with Crippen molar-refractivity contribution < 1.29 is 19.1 Å². The lowest BCUT2D eigenvalue weighted by atomic mass is 9.69. The zero-order valence-corrected chi connectivity index (χ0v) is 15.0. The number of hydrogen-bond donors (Lipinski definition) is 0. The van der Waals surface area contributed by atoms with Crippen molar-refractivity contribution in [2.45, 2.75) is 51.9 Å². The first-order valence-electron chi connectivity index (χ1n) is 8.74. The highest BCUT2D eigenvalue weighted by atomic mass is 16.5. The molecule has 0 radical (unpaired) electrons. The zero-order chi connectivity index (χ0) is 17.6. The van der Waals surface area contributed by atoms with Crippen LogP contribution in [0.4, 0.5) is 0 Å². The van der Waals surface area contributed by atoms with Crippen molar-refractivity contribution in [3.8, 4) is 0 Å². The molecule has 1 aromatic carbocycles. The highest BCUT2D eigenvalue weighted by molar-refractivity contribution is 6.00. The summed E-state index contributed by atoms with van der Waals surface area (Å²) < 4.78 is 9.72. The van der Waals surface area contributed by atoms with Crippen LogP contribution in [0.2, 0.25) is 0 Å². The van der Waals surface area contributed by atoms with Gasteiger partial charge in [0.25, 0.3) is 0 Å². The smallest absolute Gasteiger partial charge is 0.323 e. The second-order valence-electron chi connectivity index (χ2n) is 6.89. The molecule has 0 saturated heterocycles. The first-order chi connectivity index (χ1) is 11.5. The number of carbonyl (C=O) groups is 2. The minimum atomic E-state index is -1.09. The Labute approximate surface area is 144 Å². The molecule has 24 heavy (non-hydrogen) atoms. The van der Waals surface area contributed by atoms with Crippen molar-refractivity contribution in [2.24, 2.45) is 11.3 Å². The average Bonchev–Trinajstić information content (AvgIpc) is 2.62. The van der Waals surface area contributed by atoms with Crippen LogP contribution in [0.25, 0.3) is 0 Å². The van der Waals surface area contributed by atoms with E-state index in [1.165, 1.54) is 25.3 Å². The first kappa shape index (κ1) is 18.5. The van der Waals surface area contributed by atoms with E-state index in [0.717, 1.165) is 32.1 Å². The maximum atomic E-state index is 12.1. The van der Waals surface area contributed by atoms with Crippen LogP contribution in [0.5, 0.6) is 0 Å². The third-order valence-electron chi connectivity index (χ3n) is 5.31. The predicted molar refractivity (Wildman–Crippen MR) is 92.5 cm³/mol. The molecular formula is C20H28O4. The molecule has 0 N–H and O–H groups in total. The van der Waals surface area contributed by atoms with Gasteiger partial charge in [0.1, 0.15) is 0 Å². The van der Waals surface area contributed by atoms with Crippen LogP contribution >= 0.6 is 0 Å². The first-order valence-corrected chi connectivity index (χ1v) is 8.74. The fourth-order valence-electron chi connectivity index (χ4n) is 3.69.